The Balaban J connectivity index is 1.46. The van der Waals surface area contributed by atoms with E-state index in [-0.39, 0.29) is 12.5 Å². The number of benzene rings is 2. The van der Waals surface area contributed by atoms with Gasteiger partial charge in [0.25, 0.3) is 0 Å². The first-order valence-electron chi connectivity index (χ1n) is 8.78. The minimum Gasteiger partial charge on any atom is -0.381 e. The second-order valence-electron chi connectivity index (χ2n) is 6.56. The second-order valence-corrected chi connectivity index (χ2v) is 6.56. The number of anilines is 1. The van der Waals surface area contributed by atoms with Crippen LogP contribution in [0.3, 0.4) is 0 Å². The lowest BCUT2D eigenvalue weighted by Crippen LogP contribution is -2.21. The molecule has 0 aliphatic rings. The molecule has 4 rings (SSSR count). The van der Waals surface area contributed by atoms with E-state index in [9.17, 15) is 4.39 Å². The number of alkyl halides is 1. The summed E-state index contributed by atoms with van der Waals surface area (Å²) in [5.41, 5.74) is 3.61. The molecule has 0 aliphatic carbocycles. The van der Waals surface area contributed by atoms with Gasteiger partial charge >= 0.3 is 0 Å². The fourth-order valence-electron chi connectivity index (χ4n) is 3.11. The van der Waals surface area contributed by atoms with Gasteiger partial charge in [-0.05, 0) is 29.8 Å². The van der Waals surface area contributed by atoms with Gasteiger partial charge in [0, 0.05) is 29.4 Å². The third kappa shape index (κ3) is 3.36. The van der Waals surface area contributed by atoms with Crippen LogP contribution in [-0.2, 0) is 0 Å². The predicted molar refractivity (Wildman–Crippen MR) is 105 cm³/mol. The van der Waals surface area contributed by atoms with E-state index in [1.165, 1.54) is 0 Å². The number of rotatable bonds is 5. The molecular formula is C22H20FN3. The normalized spacial score (nSPS) is 13.6. The minimum atomic E-state index is -1.02. The highest BCUT2D eigenvalue weighted by Crippen LogP contribution is 2.25. The smallest absolute Gasteiger partial charge is 0.124 e. The number of fused-ring (bicyclic) bond motifs is 2. The Morgan fingerprint density at radius 3 is 2.23 bits per heavy atom. The summed E-state index contributed by atoms with van der Waals surface area (Å²) >= 11 is 0. The number of hydrogen-bond donors (Lipinski definition) is 1. The van der Waals surface area contributed by atoms with Gasteiger partial charge < -0.3 is 5.32 Å². The number of para-hydroxylation sites is 2. The fraction of sp³-hybridized carbons (Fsp3) is 0.182. The number of nitrogens with zero attached hydrogens (tertiary/aromatic N) is 2. The summed E-state index contributed by atoms with van der Waals surface area (Å²) in [6.45, 7) is 2.13. The van der Waals surface area contributed by atoms with Gasteiger partial charge in [-0.3, -0.25) is 9.97 Å². The third-order valence-electron chi connectivity index (χ3n) is 4.77. The van der Waals surface area contributed by atoms with E-state index >= 15 is 0 Å². The summed E-state index contributed by atoms with van der Waals surface area (Å²) < 4.78 is 14.8. The molecule has 2 aromatic heterocycles. The van der Waals surface area contributed by atoms with Gasteiger partial charge in [0.1, 0.15) is 6.17 Å². The molecule has 2 heterocycles. The van der Waals surface area contributed by atoms with E-state index in [0.717, 1.165) is 33.1 Å². The van der Waals surface area contributed by atoms with Crippen LogP contribution in [0.2, 0.25) is 0 Å². The first-order valence-corrected chi connectivity index (χ1v) is 8.78. The molecular weight excluding hydrogens is 325 g/mol. The Morgan fingerprint density at radius 1 is 0.885 bits per heavy atom. The molecule has 2 aromatic carbocycles. The first-order chi connectivity index (χ1) is 12.7. The minimum absolute atomic E-state index is 0.230. The van der Waals surface area contributed by atoms with Crippen LogP contribution in [0.4, 0.5) is 10.1 Å². The third-order valence-corrected chi connectivity index (χ3v) is 4.77. The van der Waals surface area contributed by atoms with E-state index in [1.54, 1.807) is 12.4 Å². The van der Waals surface area contributed by atoms with Crippen molar-refractivity contribution in [3.63, 3.8) is 0 Å². The Bertz CT molecular complexity index is 1050. The molecule has 0 saturated carbocycles. The molecule has 0 spiro atoms. The molecule has 130 valence electrons. The molecule has 0 radical (unpaired) electrons. The van der Waals surface area contributed by atoms with Crippen molar-refractivity contribution in [2.24, 2.45) is 0 Å². The van der Waals surface area contributed by atoms with Crippen molar-refractivity contribution in [2.75, 3.05) is 11.9 Å². The van der Waals surface area contributed by atoms with Gasteiger partial charge in [-0.25, -0.2) is 4.39 Å². The van der Waals surface area contributed by atoms with Crippen molar-refractivity contribution in [1.82, 2.24) is 9.97 Å². The van der Waals surface area contributed by atoms with Gasteiger partial charge in [-0.1, -0.05) is 43.3 Å². The average molecular weight is 345 g/mol. The van der Waals surface area contributed by atoms with Gasteiger partial charge in [-0.2, -0.15) is 0 Å². The largest absolute Gasteiger partial charge is 0.381 e. The molecule has 0 saturated heterocycles. The van der Waals surface area contributed by atoms with Crippen LogP contribution in [0.1, 0.15) is 18.4 Å². The van der Waals surface area contributed by atoms with Crippen LogP contribution in [0.25, 0.3) is 21.8 Å². The maximum atomic E-state index is 14.8. The summed E-state index contributed by atoms with van der Waals surface area (Å²) in [6, 6.07) is 19.8. The quantitative estimate of drug-likeness (QED) is 0.531. The Morgan fingerprint density at radius 2 is 1.50 bits per heavy atom. The number of aromatic nitrogens is 2. The maximum absolute atomic E-state index is 14.8. The maximum Gasteiger partial charge on any atom is 0.124 e. The number of pyridine rings is 2. The monoisotopic (exact) mass is 345 g/mol. The van der Waals surface area contributed by atoms with Gasteiger partial charge in [-0.15, -0.1) is 0 Å². The highest BCUT2D eigenvalue weighted by molar-refractivity contribution is 5.81. The molecule has 1 N–H and O–H groups in total. The van der Waals surface area contributed by atoms with Crippen LogP contribution < -0.4 is 5.32 Å². The average Bonchev–Trinajstić information content (AvgIpc) is 2.71. The van der Waals surface area contributed by atoms with Gasteiger partial charge in [0.05, 0.1) is 22.9 Å². The Kier molecular flexibility index (Phi) is 4.48. The Labute approximate surface area is 151 Å². The summed E-state index contributed by atoms with van der Waals surface area (Å²) in [5.74, 6) is -0.243. The first kappa shape index (κ1) is 16.5. The van der Waals surface area contributed by atoms with Crippen molar-refractivity contribution >= 4 is 27.5 Å². The molecule has 4 heteroatoms. The zero-order chi connectivity index (χ0) is 17.9. The van der Waals surface area contributed by atoms with Crippen molar-refractivity contribution in [1.29, 1.82) is 0 Å². The summed E-state index contributed by atoms with van der Waals surface area (Å²) in [4.78, 5) is 8.84. The molecule has 2 unspecified atom stereocenters. The molecule has 0 aliphatic heterocycles. The highest BCUT2D eigenvalue weighted by Gasteiger charge is 2.19. The van der Waals surface area contributed by atoms with Crippen molar-refractivity contribution in [3.8, 4) is 0 Å². The van der Waals surface area contributed by atoms with Gasteiger partial charge in [0.2, 0.25) is 0 Å². The van der Waals surface area contributed by atoms with E-state index in [0.29, 0.717) is 0 Å². The summed E-state index contributed by atoms with van der Waals surface area (Å²) in [6.07, 6.45) is 2.50. The van der Waals surface area contributed by atoms with Gasteiger partial charge in [0.15, 0.2) is 0 Å². The van der Waals surface area contributed by atoms with Crippen LogP contribution in [-0.4, -0.2) is 22.7 Å². The fourth-order valence-corrected chi connectivity index (χ4v) is 3.11. The molecule has 0 amide bonds. The lowest BCUT2D eigenvalue weighted by molar-refractivity contribution is 0.306. The van der Waals surface area contributed by atoms with E-state index in [2.05, 4.69) is 15.3 Å². The molecule has 26 heavy (non-hydrogen) atoms. The van der Waals surface area contributed by atoms with E-state index in [4.69, 9.17) is 0 Å². The lowest BCUT2D eigenvalue weighted by Gasteiger charge is -2.18. The van der Waals surface area contributed by atoms with E-state index < -0.39 is 6.17 Å². The molecule has 4 aromatic rings. The number of nitrogens with one attached hydrogen (secondary N) is 1. The topological polar surface area (TPSA) is 37.8 Å². The zero-order valence-corrected chi connectivity index (χ0v) is 14.6. The summed E-state index contributed by atoms with van der Waals surface area (Å²) in [5, 5.41) is 5.25. The standard InChI is InChI=1S/C22H20FN3/c1-15(18-10-16-6-2-4-8-21(16)25-12-18)20(23)14-24-19-11-17-7-3-5-9-22(17)26-13-19/h2-13,15,20,24H,14H2,1H3. The van der Waals surface area contributed by atoms with Crippen molar-refractivity contribution in [2.45, 2.75) is 19.0 Å². The molecule has 0 fully saturated rings. The Hall–Kier alpha value is -3.01. The van der Waals surface area contributed by atoms with Crippen LogP contribution >= 0.6 is 0 Å². The SMILES string of the molecule is CC(c1cnc2ccccc2c1)C(F)CNc1cnc2ccccc2c1. The van der Waals surface area contributed by atoms with Crippen molar-refractivity contribution < 1.29 is 4.39 Å². The number of hydrogen-bond acceptors (Lipinski definition) is 3. The highest BCUT2D eigenvalue weighted by atomic mass is 19.1. The molecule has 0 bridgehead atoms. The molecule has 2 atom stereocenters. The zero-order valence-electron chi connectivity index (χ0n) is 14.6. The van der Waals surface area contributed by atoms with Crippen molar-refractivity contribution in [3.05, 3.63) is 78.6 Å². The molecule has 3 nitrogen and oxygen atoms in total. The lowest BCUT2D eigenvalue weighted by atomic mass is 9.96. The van der Waals surface area contributed by atoms with Crippen LogP contribution in [0, 0.1) is 0 Å². The van der Waals surface area contributed by atoms with E-state index in [1.807, 2.05) is 67.6 Å². The van der Waals surface area contributed by atoms with Crippen LogP contribution in [0.15, 0.2) is 73.1 Å². The number of halogens is 1. The second kappa shape index (κ2) is 7.08. The summed E-state index contributed by atoms with van der Waals surface area (Å²) in [7, 11) is 0. The predicted octanol–water partition coefficient (Wildman–Crippen LogP) is 5.34. The van der Waals surface area contributed by atoms with Crippen LogP contribution in [0.5, 0.6) is 0 Å².